The van der Waals surface area contributed by atoms with Gasteiger partial charge in [0, 0.05) is 48.1 Å². The van der Waals surface area contributed by atoms with E-state index in [1.165, 1.54) is 11.6 Å². The van der Waals surface area contributed by atoms with E-state index in [2.05, 4.69) is 34.1 Å². The summed E-state index contributed by atoms with van der Waals surface area (Å²) in [6.45, 7) is 3.49. The van der Waals surface area contributed by atoms with Crippen LogP contribution in [0.5, 0.6) is 0 Å². The molecule has 9 heteroatoms. The second-order valence-corrected chi connectivity index (χ2v) is 11.1. The van der Waals surface area contributed by atoms with E-state index in [9.17, 15) is 9.18 Å². The molecular formula is C35H29FN6O2. The number of nitrogen functional groups attached to an aromatic ring is 1. The van der Waals surface area contributed by atoms with Crippen molar-refractivity contribution >= 4 is 23.0 Å². The Morgan fingerprint density at radius 2 is 1.73 bits per heavy atom. The molecule has 3 aromatic heterocycles. The summed E-state index contributed by atoms with van der Waals surface area (Å²) < 4.78 is 16.7. The van der Waals surface area contributed by atoms with Gasteiger partial charge < -0.3 is 10.8 Å². The van der Waals surface area contributed by atoms with Gasteiger partial charge in [-0.2, -0.15) is 0 Å². The van der Waals surface area contributed by atoms with Gasteiger partial charge in [0.2, 0.25) is 0 Å². The third-order valence-corrected chi connectivity index (χ3v) is 8.43. The molecule has 0 bridgehead atoms. The van der Waals surface area contributed by atoms with Gasteiger partial charge in [0.05, 0.1) is 16.8 Å². The first kappa shape index (κ1) is 27.4. The zero-order valence-corrected chi connectivity index (χ0v) is 23.9. The second kappa shape index (κ2) is 11.0. The lowest BCUT2D eigenvalue weighted by Gasteiger charge is -2.43. The van der Waals surface area contributed by atoms with Gasteiger partial charge in [0.15, 0.2) is 11.5 Å². The lowest BCUT2D eigenvalue weighted by molar-refractivity contribution is 0.0695. The van der Waals surface area contributed by atoms with Crippen LogP contribution in [0.4, 0.5) is 10.2 Å². The summed E-state index contributed by atoms with van der Waals surface area (Å²) in [5.74, 6) is -0.282. The van der Waals surface area contributed by atoms with E-state index in [1.807, 2.05) is 66.1 Å². The van der Waals surface area contributed by atoms with Gasteiger partial charge in [-0.15, -0.1) is 0 Å². The molecule has 0 amide bonds. The molecule has 3 aromatic carbocycles. The Balaban J connectivity index is 1.19. The van der Waals surface area contributed by atoms with E-state index < -0.39 is 11.8 Å². The van der Waals surface area contributed by atoms with Crippen molar-refractivity contribution in [3.05, 3.63) is 126 Å². The summed E-state index contributed by atoms with van der Waals surface area (Å²) in [6.07, 6.45) is 1.66. The van der Waals surface area contributed by atoms with Crippen LogP contribution in [0.25, 0.3) is 39.5 Å². The Labute approximate surface area is 253 Å². The molecule has 1 atom stereocenters. The Kier molecular flexibility index (Phi) is 6.87. The van der Waals surface area contributed by atoms with Crippen molar-refractivity contribution in [1.29, 1.82) is 0 Å². The molecule has 0 aliphatic carbocycles. The number of anilines is 1. The van der Waals surface area contributed by atoms with Crippen LogP contribution in [-0.4, -0.2) is 48.6 Å². The molecule has 0 unspecified atom stereocenters. The van der Waals surface area contributed by atoms with Crippen molar-refractivity contribution in [1.82, 2.24) is 24.4 Å². The third kappa shape index (κ3) is 4.87. The number of nitrogens with two attached hydrogens (primary N) is 1. The van der Waals surface area contributed by atoms with E-state index in [4.69, 9.17) is 20.8 Å². The second-order valence-electron chi connectivity index (χ2n) is 11.1. The van der Waals surface area contributed by atoms with Crippen LogP contribution in [0.15, 0.2) is 103 Å². The maximum atomic E-state index is 14.7. The fourth-order valence-electron chi connectivity index (χ4n) is 5.89. The van der Waals surface area contributed by atoms with Crippen LogP contribution in [-0.2, 0) is 0 Å². The molecule has 1 aliphatic heterocycles. The molecule has 0 spiro atoms. The van der Waals surface area contributed by atoms with Crippen LogP contribution < -0.4 is 5.73 Å². The largest absolute Gasteiger partial charge is 0.478 e. The molecule has 6 aromatic rings. The molecule has 8 nitrogen and oxygen atoms in total. The Bertz CT molecular complexity index is 2000. The van der Waals surface area contributed by atoms with Gasteiger partial charge in [-0.3, -0.25) is 9.47 Å². The third-order valence-electron chi connectivity index (χ3n) is 8.43. The minimum absolute atomic E-state index is 0.0495. The number of benzene rings is 3. The number of likely N-dealkylation sites (tertiary alicyclic amines) is 1. The molecule has 4 heterocycles. The summed E-state index contributed by atoms with van der Waals surface area (Å²) >= 11 is 0. The van der Waals surface area contributed by atoms with Crippen molar-refractivity contribution in [3.63, 3.8) is 0 Å². The first-order chi connectivity index (χ1) is 21.4. The summed E-state index contributed by atoms with van der Waals surface area (Å²) in [7, 11) is 0. The van der Waals surface area contributed by atoms with E-state index in [0.717, 1.165) is 52.8 Å². The summed E-state index contributed by atoms with van der Waals surface area (Å²) in [5.41, 5.74) is 12.9. The molecule has 1 aliphatic rings. The number of aromatic nitrogens is 4. The number of pyridine rings is 2. The molecular weight excluding hydrogens is 555 g/mol. The first-order valence-corrected chi connectivity index (χ1v) is 14.4. The maximum Gasteiger partial charge on any atom is 0.335 e. The SMILES string of the molecule is C[C@H](c1ccc(C(=O)O)cc1F)N1CC(c2ccc(-n3c(-c4cccnc4N)nc4ccc(-c5ccccc5)nc43)cc2)C1. The van der Waals surface area contributed by atoms with Crippen molar-refractivity contribution in [2.24, 2.45) is 0 Å². The highest BCUT2D eigenvalue weighted by Gasteiger charge is 2.33. The highest BCUT2D eigenvalue weighted by Crippen LogP contribution is 2.37. The van der Waals surface area contributed by atoms with Crippen LogP contribution in [0.1, 0.15) is 40.4 Å². The average Bonchev–Trinajstić information content (AvgIpc) is 3.39. The minimum Gasteiger partial charge on any atom is -0.478 e. The van der Waals surface area contributed by atoms with Crippen molar-refractivity contribution < 1.29 is 14.3 Å². The minimum atomic E-state index is -1.14. The monoisotopic (exact) mass is 584 g/mol. The van der Waals surface area contributed by atoms with Crippen molar-refractivity contribution in [2.45, 2.75) is 18.9 Å². The molecule has 7 rings (SSSR count). The molecule has 1 saturated heterocycles. The average molecular weight is 585 g/mol. The Morgan fingerprint density at radius 3 is 2.43 bits per heavy atom. The predicted octanol–water partition coefficient (Wildman–Crippen LogP) is 6.73. The molecule has 0 radical (unpaired) electrons. The number of imidazole rings is 1. The number of carboxylic acid groups (broad SMARTS) is 1. The number of aromatic carboxylic acids is 1. The highest BCUT2D eigenvalue weighted by atomic mass is 19.1. The standard InChI is InChI=1S/C35H29FN6O2/c1-21(27-14-11-24(35(43)44)18-29(27)36)41-19-25(20-41)22-9-12-26(13-10-22)42-33(28-8-5-17-38-32(28)37)40-31-16-15-30(39-34(31)42)23-6-3-2-4-7-23/h2-18,21,25H,19-20H2,1H3,(H2,37,38)(H,43,44)/t21-/m1/s1. The van der Waals surface area contributed by atoms with Gasteiger partial charge in [-0.05, 0) is 61.0 Å². The highest BCUT2D eigenvalue weighted by molar-refractivity contribution is 5.87. The van der Waals surface area contributed by atoms with Crippen LogP contribution in [0, 0.1) is 5.82 Å². The van der Waals surface area contributed by atoms with Gasteiger partial charge >= 0.3 is 5.97 Å². The number of halogens is 1. The predicted molar refractivity (Wildman–Crippen MR) is 168 cm³/mol. The lowest BCUT2D eigenvalue weighted by atomic mass is 9.88. The molecule has 44 heavy (non-hydrogen) atoms. The normalized spacial score (nSPS) is 14.4. The van der Waals surface area contributed by atoms with E-state index in [1.54, 1.807) is 12.3 Å². The number of rotatable bonds is 7. The van der Waals surface area contributed by atoms with E-state index in [-0.39, 0.29) is 11.6 Å². The zero-order valence-electron chi connectivity index (χ0n) is 23.9. The van der Waals surface area contributed by atoms with Crippen molar-refractivity contribution in [3.8, 4) is 28.3 Å². The van der Waals surface area contributed by atoms with Crippen LogP contribution in [0.3, 0.4) is 0 Å². The van der Waals surface area contributed by atoms with Gasteiger partial charge in [-0.1, -0.05) is 48.5 Å². The topological polar surface area (TPSA) is 110 Å². The number of carboxylic acids is 1. The van der Waals surface area contributed by atoms with E-state index in [0.29, 0.717) is 23.1 Å². The smallest absolute Gasteiger partial charge is 0.335 e. The molecule has 218 valence electrons. The fourth-order valence-corrected chi connectivity index (χ4v) is 5.89. The lowest BCUT2D eigenvalue weighted by Crippen LogP contribution is -2.46. The zero-order chi connectivity index (χ0) is 30.4. The van der Waals surface area contributed by atoms with Crippen molar-refractivity contribution in [2.75, 3.05) is 18.8 Å². The summed E-state index contributed by atoms with van der Waals surface area (Å²) in [4.78, 5) is 27.6. The number of hydrogen-bond acceptors (Lipinski definition) is 6. The summed E-state index contributed by atoms with van der Waals surface area (Å²) in [5, 5.41) is 9.15. The first-order valence-electron chi connectivity index (χ1n) is 14.4. The van der Waals surface area contributed by atoms with E-state index >= 15 is 0 Å². The van der Waals surface area contributed by atoms with Gasteiger partial charge in [-0.25, -0.2) is 24.1 Å². The maximum absolute atomic E-state index is 14.7. The van der Waals surface area contributed by atoms with Gasteiger partial charge in [0.25, 0.3) is 0 Å². The number of carbonyl (C=O) groups is 1. The Morgan fingerprint density at radius 1 is 0.955 bits per heavy atom. The van der Waals surface area contributed by atoms with Crippen LogP contribution in [0.2, 0.25) is 0 Å². The number of nitrogens with zero attached hydrogens (tertiary/aromatic N) is 5. The van der Waals surface area contributed by atoms with Gasteiger partial charge in [0.1, 0.15) is 17.2 Å². The number of fused-ring (bicyclic) bond motifs is 1. The fraction of sp³-hybridized carbons (Fsp3) is 0.143. The van der Waals surface area contributed by atoms with Crippen LogP contribution >= 0.6 is 0 Å². The molecule has 3 N–H and O–H groups in total. The summed E-state index contributed by atoms with van der Waals surface area (Å²) in [6, 6.07) is 30.1. The number of hydrogen-bond donors (Lipinski definition) is 2. The Hall–Kier alpha value is -5.41. The molecule has 0 saturated carbocycles. The molecule has 1 fully saturated rings. The quantitative estimate of drug-likeness (QED) is 0.214.